The molecule has 0 saturated carbocycles. The van der Waals surface area contributed by atoms with Crippen LogP contribution < -0.4 is 15.5 Å². The molecule has 31 heavy (non-hydrogen) atoms. The molecule has 0 spiro atoms. The molecule has 0 aliphatic carbocycles. The van der Waals surface area contributed by atoms with Crippen LogP contribution in [0.2, 0.25) is 0 Å². The van der Waals surface area contributed by atoms with Crippen molar-refractivity contribution in [3.8, 4) is 0 Å². The van der Waals surface area contributed by atoms with Crippen molar-refractivity contribution in [1.29, 1.82) is 0 Å². The fourth-order valence-electron chi connectivity index (χ4n) is 4.54. The molecule has 2 aromatic rings. The first-order chi connectivity index (χ1) is 15.3. The maximum atomic E-state index is 12.7. The highest BCUT2D eigenvalue weighted by Crippen LogP contribution is 2.28. The third kappa shape index (κ3) is 5.28. The van der Waals surface area contributed by atoms with Crippen molar-refractivity contribution in [1.82, 2.24) is 15.5 Å². The van der Waals surface area contributed by atoms with Crippen molar-refractivity contribution in [2.45, 2.75) is 38.1 Å². The van der Waals surface area contributed by atoms with Gasteiger partial charge in [0.05, 0.1) is 12.3 Å². The van der Waals surface area contributed by atoms with Crippen molar-refractivity contribution in [2.75, 3.05) is 44.7 Å². The summed E-state index contributed by atoms with van der Waals surface area (Å²) in [6, 6.07) is 12.4. The highest BCUT2D eigenvalue weighted by Gasteiger charge is 2.26. The summed E-state index contributed by atoms with van der Waals surface area (Å²) in [5.74, 6) is 1.94. The highest BCUT2D eigenvalue weighted by atomic mass is 16.3. The average molecular weight is 424 g/mol. The van der Waals surface area contributed by atoms with E-state index in [2.05, 4.69) is 26.6 Å². The number of nitrogens with zero attached hydrogens (tertiary/aromatic N) is 3. The van der Waals surface area contributed by atoms with Crippen LogP contribution in [0.3, 0.4) is 0 Å². The molecule has 4 rings (SSSR count). The highest BCUT2D eigenvalue weighted by molar-refractivity contribution is 5.95. The van der Waals surface area contributed by atoms with Crippen LogP contribution in [0.25, 0.3) is 0 Å². The Balaban J connectivity index is 1.21. The Hall–Kier alpha value is -2.80. The van der Waals surface area contributed by atoms with E-state index in [0.717, 1.165) is 56.4 Å². The standard InChI is InChI=1S/C24H33N5O2/c1-25-24(27-18-21(22-10-7-17-31-22)28-14-4-5-15-28)26-13-6-11-23(30)29-16-12-19-8-2-3-9-20(19)29/h2-3,7-10,17,21H,4-6,11-16,18H2,1H3,(H2,25,26,27). The van der Waals surface area contributed by atoms with Gasteiger partial charge in [-0.05, 0) is 62.5 Å². The minimum absolute atomic E-state index is 0.196. The van der Waals surface area contributed by atoms with E-state index in [1.54, 1.807) is 13.3 Å². The summed E-state index contributed by atoms with van der Waals surface area (Å²) < 4.78 is 5.69. The van der Waals surface area contributed by atoms with Gasteiger partial charge < -0.3 is 20.0 Å². The zero-order valence-electron chi connectivity index (χ0n) is 18.3. The van der Waals surface area contributed by atoms with Gasteiger partial charge in [0.1, 0.15) is 5.76 Å². The van der Waals surface area contributed by atoms with E-state index in [0.29, 0.717) is 13.0 Å². The summed E-state index contributed by atoms with van der Waals surface area (Å²) in [7, 11) is 1.78. The molecule has 2 aliphatic heterocycles. The van der Waals surface area contributed by atoms with Crippen LogP contribution in [0.1, 0.15) is 43.0 Å². The molecule has 0 radical (unpaired) electrons. The third-order valence-corrected chi connectivity index (χ3v) is 6.19. The molecule has 2 N–H and O–H groups in total. The molecule has 1 unspecified atom stereocenters. The molecule has 166 valence electrons. The Bertz CT molecular complexity index is 874. The van der Waals surface area contributed by atoms with Gasteiger partial charge in [-0.2, -0.15) is 0 Å². The summed E-state index contributed by atoms with van der Waals surface area (Å²) >= 11 is 0. The Morgan fingerprint density at radius 1 is 1.13 bits per heavy atom. The van der Waals surface area contributed by atoms with Crippen molar-refractivity contribution >= 4 is 17.6 Å². The van der Waals surface area contributed by atoms with E-state index < -0.39 is 0 Å². The summed E-state index contributed by atoms with van der Waals surface area (Å²) in [5.41, 5.74) is 2.34. The number of likely N-dealkylation sites (tertiary alicyclic amines) is 1. The number of carbonyl (C=O) groups is 1. The second-order valence-electron chi connectivity index (χ2n) is 8.18. The van der Waals surface area contributed by atoms with Crippen LogP contribution in [-0.4, -0.2) is 56.5 Å². The molecular formula is C24H33N5O2. The summed E-state index contributed by atoms with van der Waals surface area (Å²) in [5, 5.41) is 6.78. The summed E-state index contributed by atoms with van der Waals surface area (Å²) in [6.45, 7) is 4.42. The fourth-order valence-corrected chi connectivity index (χ4v) is 4.54. The average Bonchev–Trinajstić information content (AvgIpc) is 3.57. The molecule has 1 aromatic heterocycles. The monoisotopic (exact) mass is 423 g/mol. The Kier molecular flexibility index (Phi) is 7.25. The molecule has 0 bridgehead atoms. The summed E-state index contributed by atoms with van der Waals surface area (Å²) in [6.07, 6.45) is 6.46. The molecule has 7 heteroatoms. The third-order valence-electron chi connectivity index (χ3n) is 6.19. The van der Waals surface area contributed by atoms with Gasteiger partial charge in [0, 0.05) is 38.8 Å². The first-order valence-electron chi connectivity index (χ1n) is 11.4. The quantitative estimate of drug-likeness (QED) is 0.388. The Labute approximate surface area is 184 Å². The fraction of sp³-hybridized carbons (Fsp3) is 0.500. The Morgan fingerprint density at radius 2 is 1.97 bits per heavy atom. The van der Waals surface area contributed by atoms with Crippen molar-refractivity contribution in [2.24, 2.45) is 4.99 Å². The molecule has 2 aliphatic rings. The second-order valence-corrected chi connectivity index (χ2v) is 8.18. The number of hydrogen-bond acceptors (Lipinski definition) is 4. The SMILES string of the molecule is CN=C(NCCCC(=O)N1CCc2ccccc21)NCC(c1ccco1)N1CCCC1. The van der Waals surface area contributed by atoms with Gasteiger partial charge in [0.25, 0.3) is 0 Å². The number of guanidine groups is 1. The van der Waals surface area contributed by atoms with Gasteiger partial charge in [-0.3, -0.25) is 14.7 Å². The lowest BCUT2D eigenvalue weighted by Gasteiger charge is -2.26. The van der Waals surface area contributed by atoms with Crippen molar-refractivity contribution < 1.29 is 9.21 Å². The largest absolute Gasteiger partial charge is 0.468 e. The lowest BCUT2D eigenvalue weighted by Crippen LogP contribution is -2.43. The van der Waals surface area contributed by atoms with Crippen LogP contribution in [0, 0.1) is 0 Å². The number of aliphatic imine (C=N–C) groups is 1. The van der Waals surface area contributed by atoms with Crippen LogP contribution in [-0.2, 0) is 11.2 Å². The molecule has 1 amide bonds. The molecule has 1 fully saturated rings. The molecule has 1 saturated heterocycles. The van der Waals surface area contributed by atoms with E-state index in [9.17, 15) is 4.79 Å². The number of amides is 1. The van der Waals surface area contributed by atoms with E-state index in [1.807, 2.05) is 35.2 Å². The zero-order valence-corrected chi connectivity index (χ0v) is 18.3. The summed E-state index contributed by atoms with van der Waals surface area (Å²) in [4.78, 5) is 21.4. The van der Waals surface area contributed by atoms with Crippen LogP contribution in [0.4, 0.5) is 5.69 Å². The smallest absolute Gasteiger partial charge is 0.227 e. The normalized spacial score (nSPS) is 17.6. The lowest BCUT2D eigenvalue weighted by molar-refractivity contribution is -0.118. The molecule has 1 aromatic carbocycles. The van der Waals surface area contributed by atoms with E-state index in [-0.39, 0.29) is 11.9 Å². The number of benzene rings is 1. The number of furan rings is 1. The van der Waals surface area contributed by atoms with E-state index >= 15 is 0 Å². The number of anilines is 1. The zero-order chi connectivity index (χ0) is 21.5. The number of rotatable bonds is 8. The van der Waals surface area contributed by atoms with E-state index in [4.69, 9.17) is 4.42 Å². The van der Waals surface area contributed by atoms with Crippen LogP contribution in [0.5, 0.6) is 0 Å². The molecular weight excluding hydrogens is 390 g/mol. The van der Waals surface area contributed by atoms with Crippen molar-refractivity contribution in [3.63, 3.8) is 0 Å². The first kappa shape index (κ1) is 21.4. The number of hydrogen-bond donors (Lipinski definition) is 2. The number of para-hydroxylation sites is 1. The molecule has 3 heterocycles. The maximum Gasteiger partial charge on any atom is 0.227 e. The lowest BCUT2D eigenvalue weighted by atomic mass is 10.2. The number of carbonyl (C=O) groups excluding carboxylic acids is 1. The Morgan fingerprint density at radius 3 is 2.74 bits per heavy atom. The van der Waals surface area contributed by atoms with Gasteiger partial charge in [-0.25, -0.2) is 0 Å². The number of nitrogens with one attached hydrogen (secondary N) is 2. The van der Waals surface area contributed by atoms with Crippen molar-refractivity contribution in [3.05, 3.63) is 54.0 Å². The first-order valence-corrected chi connectivity index (χ1v) is 11.4. The molecule has 7 nitrogen and oxygen atoms in total. The van der Waals surface area contributed by atoms with Gasteiger partial charge in [-0.15, -0.1) is 0 Å². The predicted molar refractivity (Wildman–Crippen MR) is 123 cm³/mol. The van der Waals surface area contributed by atoms with E-state index in [1.165, 1.54) is 18.4 Å². The second kappa shape index (κ2) is 10.5. The van der Waals surface area contributed by atoms with Gasteiger partial charge >= 0.3 is 0 Å². The van der Waals surface area contributed by atoms with Gasteiger partial charge in [-0.1, -0.05) is 18.2 Å². The maximum absolute atomic E-state index is 12.7. The van der Waals surface area contributed by atoms with Gasteiger partial charge in [0.15, 0.2) is 5.96 Å². The van der Waals surface area contributed by atoms with Gasteiger partial charge in [0.2, 0.25) is 5.91 Å². The predicted octanol–water partition coefficient (Wildman–Crippen LogP) is 2.95. The number of fused-ring (bicyclic) bond motifs is 1. The van der Waals surface area contributed by atoms with Crippen LogP contribution >= 0.6 is 0 Å². The topological polar surface area (TPSA) is 73.1 Å². The minimum Gasteiger partial charge on any atom is -0.468 e. The minimum atomic E-state index is 0.196. The van der Waals surface area contributed by atoms with Crippen LogP contribution in [0.15, 0.2) is 52.1 Å². The molecule has 1 atom stereocenters.